The maximum Gasteiger partial charge on any atom is 0.251 e. The third kappa shape index (κ3) is 8.13. The Labute approximate surface area is 178 Å². The first-order valence-corrected chi connectivity index (χ1v) is 10.4. The summed E-state index contributed by atoms with van der Waals surface area (Å²) in [7, 11) is 0. The van der Waals surface area contributed by atoms with Crippen LogP contribution in [0.1, 0.15) is 37.0 Å². The fourth-order valence-corrected chi connectivity index (χ4v) is 2.65. The molecule has 2 rings (SSSR count). The summed E-state index contributed by atoms with van der Waals surface area (Å²) in [5.41, 5.74) is 1.97. The van der Waals surface area contributed by atoms with Gasteiger partial charge in [0.15, 0.2) is 0 Å². The van der Waals surface area contributed by atoms with Crippen LogP contribution in [0, 0.1) is 0 Å². The molecule has 30 heavy (non-hydrogen) atoms. The first-order chi connectivity index (χ1) is 14.6. The highest BCUT2D eigenvalue weighted by Crippen LogP contribution is 2.23. The Kier molecular flexibility index (Phi) is 10.2. The molecule has 2 aromatic carbocycles. The first-order valence-electron chi connectivity index (χ1n) is 10.4. The van der Waals surface area contributed by atoms with Crippen molar-refractivity contribution in [3.63, 3.8) is 0 Å². The molecule has 162 valence electrons. The van der Waals surface area contributed by atoms with Crippen LogP contribution in [0.2, 0.25) is 0 Å². The van der Waals surface area contributed by atoms with Gasteiger partial charge in [0.1, 0.15) is 12.4 Å². The number of anilines is 2. The zero-order valence-corrected chi connectivity index (χ0v) is 17.7. The van der Waals surface area contributed by atoms with Gasteiger partial charge >= 0.3 is 0 Å². The summed E-state index contributed by atoms with van der Waals surface area (Å²) in [6.45, 7) is 6.32. The van der Waals surface area contributed by atoms with E-state index in [2.05, 4.69) is 22.9 Å². The lowest BCUT2D eigenvalue weighted by Crippen LogP contribution is -2.24. The lowest BCUT2D eigenvalue weighted by molar-refractivity contribution is -0.114. The van der Waals surface area contributed by atoms with Gasteiger partial charge in [-0.25, -0.2) is 0 Å². The van der Waals surface area contributed by atoms with E-state index in [1.807, 2.05) is 19.1 Å². The Bertz CT molecular complexity index is 793. The van der Waals surface area contributed by atoms with Gasteiger partial charge < -0.3 is 25.4 Å². The second-order valence-corrected chi connectivity index (χ2v) is 6.63. The standard InChI is InChI=1S/C23H31N3O4/c1-3-5-14-24-23(28)18-10-12-19(13-11-18)25-17-22(27)26-20-8-6-7-9-21(20)30-16-15-29-4-2/h6-13,25H,3-5,14-17H2,1-2H3,(H,24,28)(H,26,27). The van der Waals surface area contributed by atoms with Crippen molar-refractivity contribution in [2.75, 3.05) is 43.5 Å². The third-order valence-electron chi connectivity index (χ3n) is 4.27. The van der Waals surface area contributed by atoms with Crippen LogP contribution >= 0.6 is 0 Å². The van der Waals surface area contributed by atoms with Gasteiger partial charge in [-0.05, 0) is 49.7 Å². The molecular weight excluding hydrogens is 382 g/mol. The average molecular weight is 414 g/mol. The van der Waals surface area contributed by atoms with E-state index < -0.39 is 0 Å². The number of hydrogen-bond acceptors (Lipinski definition) is 5. The summed E-state index contributed by atoms with van der Waals surface area (Å²) in [5, 5.41) is 8.79. The van der Waals surface area contributed by atoms with E-state index in [0.717, 1.165) is 18.5 Å². The van der Waals surface area contributed by atoms with E-state index in [4.69, 9.17) is 9.47 Å². The fourth-order valence-electron chi connectivity index (χ4n) is 2.65. The topological polar surface area (TPSA) is 88.7 Å². The summed E-state index contributed by atoms with van der Waals surface area (Å²) < 4.78 is 10.9. The Morgan fingerprint density at radius 3 is 2.47 bits per heavy atom. The van der Waals surface area contributed by atoms with Crippen molar-refractivity contribution >= 4 is 23.2 Å². The van der Waals surface area contributed by atoms with Gasteiger partial charge in [0.05, 0.1) is 18.8 Å². The van der Waals surface area contributed by atoms with Crippen molar-refractivity contribution in [2.45, 2.75) is 26.7 Å². The highest BCUT2D eigenvalue weighted by atomic mass is 16.5. The molecule has 0 heterocycles. The van der Waals surface area contributed by atoms with Crippen molar-refractivity contribution in [3.05, 3.63) is 54.1 Å². The Hall–Kier alpha value is -3.06. The summed E-state index contributed by atoms with van der Waals surface area (Å²) >= 11 is 0. The highest BCUT2D eigenvalue weighted by molar-refractivity contribution is 5.96. The zero-order chi connectivity index (χ0) is 21.6. The van der Waals surface area contributed by atoms with Gasteiger partial charge in [0, 0.05) is 24.4 Å². The lowest BCUT2D eigenvalue weighted by atomic mass is 10.2. The van der Waals surface area contributed by atoms with Crippen molar-refractivity contribution in [3.8, 4) is 5.75 Å². The average Bonchev–Trinajstić information content (AvgIpc) is 2.77. The lowest BCUT2D eigenvalue weighted by Gasteiger charge is -2.13. The predicted molar refractivity (Wildman–Crippen MR) is 119 cm³/mol. The van der Waals surface area contributed by atoms with Crippen LogP contribution in [-0.2, 0) is 9.53 Å². The van der Waals surface area contributed by atoms with E-state index in [1.165, 1.54) is 0 Å². The number of nitrogens with one attached hydrogen (secondary N) is 3. The van der Waals surface area contributed by atoms with Gasteiger partial charge in [-0.15, -0.1) is 0 Å². The molecule has 0 aliphatic carbocycles. The largest absolute Gasteiger partial charge is 0.489 e. The monoisotopic (exact) mass is 413 g/mol. The molecule has 0 atom stereocenters. The van der Waals surface area contributed by atoms with E-state index in [9.17, 15) is 9.59 Å². The van der Waals surface area contributed by atoms with Crippen molar-refractivity contribution in [1.82, 2.24) is 5.32 Å². The number of hydrogen-bond donors (Lipinski definition) is 3. The Morgan fingerprint density at radius 1 is 0.967 bits per heavy atom. The van der Waals surface area contributed by atoms with Crippen LogP contribution in [0.25, 0.3) is 0 Å². The third-order valence-corrected chi connectivity index (χ3v) is 4.27. The predicted octanol–water partition coefficient (Wildman–Crippen LogP) is 3.68. The van der Waals surface area contributed by atoms with Crippen LogP contribution in [0.5, 0.6) is 5.75 Å². The number of carbonyl (C=O) groups is 2. The first kappa shape index (κ1) is 23.2. The minimum atomic E-state index is -0.197. The molecule has 0 spiro atoms. The Morgan fingerprint density at radius 2 is 1.73 bits per heavy atom. The maximum absolute atomic E-state index is 12.3. The molecule has 2 amide bonds. The molecule has 0 aliphatic rings. The molecule has 7 nitrogen and oxygen atoms in total. The SMILES string of the molecule is CCCCNC(=O)c1ccc(NCC(=O)Nc2ccccc2OCCOCC)cc1. The molecule has 0 saturated heterocycles. The van der Waals surface area contributed by atoms with E-state index in [0.29, 0.717) is 43.4 Å². The van der Waals surface area contributed by atoms with Gasteiger partial charge in [-0.2, -0.15) is 0 Å². The van der Waals surface area contributed by atoms with Crippen LogP contribution in [0.15, 0.2) is 48.5 Å². The quantitative estimate of drug-likeness (QED) is 0.436. The van der Waals surface area contributed by atoms with Crippen LogP contribution < -0.4 is 20.7 Å². The van der Waals surface area contributed by atoms with E-state index in [-0.39, 0.29) is 18.4 Å². The molecule has 3 N–H and O–H groups in total. The number of carbonyl (C=O) groups excluding carboxylic acids is 2. The summed E-state index contributed by atoms with van der Waals surface area (Å²) in [5.74, 6) is 0.315. The second kappa shape index (κ2) is 13.2. The number of para-hydroxylation sites is 2. The molecule has 7 heteroatoms. The maximum atomic E-state index is 12.3. The molecule has 2 aromatic rings. The number of amides is 2. The van der Waals surface area contributed by atoms with Gasteiger partial charge in [-0.1, -0.05) is 25.5 Å². The van der Waals surface area contributed by atoms with E-state index in [1.54, 1.807) is 36.4 Å². The number of ether oxygens (including phenoxy) is 2. The molecule has 0 aromatic heterocycles. The van der Waals surface area contributed by atoms with Crippen LogP contribution in [0.3, 0.4) is 0 Å². The molecule has 0 radical (unpaired) electrons. The van der Waals surface area contributed by atoms with E-state index >= 15 is 0 Å². The van der Waals surface area contributed by atoms with Crippen molar-refractivity contribution < 1.29 is 19.1 Å². The summed E-state index contributed by atoms with van der Waals surface area (Å²) in [6, 6.07) is 14.3. The zero-order valence-electron chi connectivity index (χ0n) is 17.7. The van der Waals surface area contributed by atoms with Gasteiger partial charge in [0.25, 0.3) is 5.91 Å². The van der Waals surface area contributed by atoms with Crippen molar-refractivity contribution in [2.24, 2.45) is 0 Å². The van der Waals surface area contributed by atoms with Gasteiger partial charge in [-0.3, -0.25) is 9.59 Å². The molecule has 0 aliphatic heterocycles. The fraction of sp³-hybridized carbons (Fsp3) is 0.391. The molecule has 0 saturated carbocycles. The van der Waals surface area contributed by atoms with Crippen molar-refractivity contribution in [1.29, 1.82) is 0 Å². The molecular formula is C23H31N3O4. The second-order valence-electron chi connectivity index (χ2n) is 6.63. The number of unbranched alkanes of at least 4 members (excludes halogenated alkanes) is 1. The molecule has 0 bridgehead atoms. The minimum Gasteiger partial charge on any atom is -0.489 e. The van der Waals surface area contributed by atoms with Crippen LogP contribution in [0.4, 0.5) is 11.4 Å². The minimum absolute atomic E-state index is 0.0892. The number of rotatable bonds is 13. The molecule has 0 unspecified atom stereocenters. The Balaban J connectivity index is 1.81. The van der Waals surface area contributed by atoms with Crippen LogP contribution in [-0.4, -0.2) is 44.7 Å². The summed E-state index contributed by atoms with van der Waals surface area (Å²) in [6.07, 6.45) is 2.00. The van der Waals surface area contributed by atoms with Gasteiger partial charge in [0.2, 0.25) is 5.91 Å². The summed E-state index contributed by atoms with van der Waals surface area (Å²) in [4.78, 5) is 24.3. The highest BCUT2D eigenvalue weighted by Gasteiger charge is 2.08. The number of benzene rings is 2. The molecule has 0 fully saturated rings. The smallest absolute Gasteiger partial charge is 0.251 e. The normalized spacial score (nSPS) is 10.3.